The van der Waals surface area contributed by atoms with Gasteiger partial charge >= 0.3 is 0 Å². The molecule has 0 aromatic heterocycles. The van der Waals surface area contributed by atoms with Gasteiger partial charge in [0, 0.05) is 23.4 Å². The summed E-state index contributed by atoms with van der Waals surface area (Å²) >= 11 is 5.16. The van der Waals surface area contributed by atoms with Crippen LogP contribution in [0.3, 0.4) is 0 Å². The van der Waals surface area contributed by atoms with Crippen molar-refractivity contribution < 1.29 is 9.72 Å². The van der Waals surface area contributed by atoms with Crippen LogP contribution in [0.25, 0.3) is 0 Å². The van der Waals surface area contributed by atoms with Crippen LogP contribution in [-0.4, -0.2) is 15.9 Å². The largest absolute Gasteiger partial charge is 0.332 e. The van der Waals surface area contributed by atoms with Crippen LogP contribution < -0.4 is 10.6 Å². The molecule has 6 nitrogen and oxygen atoms in total. The first-order valence-corrected chi connectivity index (χ1v) is 8.46. The van der Waals surface area contributed by atoms with Gasteiger partial charge in [0.15, 0.2) is 5.11 Å². The van der Waals surface area contributed by atoms with E-state index in [0.29, 0.717) is 16.8 Å². The number of anilines is 1. The molecular weight excluding hydrogens is 350 g/mol. The second-order valence-corrected chi connectivity index (χ2v) is 7.40. The first-order valence-electron chi connectivity index (χ1n) is 8.06. The normalized spacial score (nSPS) is 10.9. The molecule has 0 fully saturated rings. The van der Waals surface area contributed by atoms with E-state index in [4.69, 9.17) is 12.2 Å². The molecule has 2 N–H and O–H groups in total. The lowest BCUT2D eigenvalue weighted by atomic mass is 9.87. The number of carbonyl (C=O) groups excluding carboxylic acids is 1. The Morgan fingerprint density at radius 3 is 2.23 bits per heavy atom. The Hall–Kier alpha value is -2.80. The summed E-state index contributed by atoms with van der Waals surface area (Å²) < 4.78 is 0. The van der Waals surface area contributed by atoms with E-state index in [1.54, 1.807) is 25.1 Å². The molecule has 2 rings (SSSR count). The van der Waals surface area contributed by atoms with E-state index in [1.807, 2.05) is 12.1 Å². The molecule has 0 aliphatic carbocycles. The van der Waals surface area contributed by atoms with E-state index in [2.05, 4.69) is 31.4 Å². The number of nitro groups is 1. The fraction of sp³-hybridized carbons (Fsp3) is 0.263. The van der Waals surface area contributed by atoms with Gasteiger partial charge in [0.05, 0.1) is 4.92 Å². The zero-order valence-corrected chi connectivity index (χ0v) is 15.9. The number of aryl methyl sites for hydroxylation is 1. The van der Waals surface area contributed by atoms with Crippen molar-refractivity contribution in [3.63, 3.8) is 0 Å². The van der Waals surface area contributed by atoms with Crippen molar-refractivity contribution in [3.8, 4) is 0 Å². The molecule has 0 aliphatic heterocycles. The van der Waals surface area contributed by atoms with Crippen molar-refractivity contribution in [3.05, 3.63) is 69.3 Å². The fourth-order valence-electron chi connectivity index (χ4n) is 2.35. The summed E-state index contributed by atoms with van der Waals surface area (Å²) in [5.41, 5.74) is 2.91. The summed E-state index contributed by atoms with van der Waals surface area (Å²) in [6, 6.07) is 11.7. The van der Waals surface area contributed by atoms with E-state index in [1.165, 1.54) is 12.1 Å². The van der Waals surface area contributed by atoms with Gasteiger partial charge < -0.3 is 5.32 Å². The summed E-state index contributed by atoms with van der Waals surface area (Å²) in [6.45, 7) is 8.04. The van der Waals surface area contributed by atoms with Crippen LogP contribution >= 0.6 is 12.2 Å². The van der Waals surface area contributed by atoms with Gasteiger partial charge in [0.1, 0.15) is 0 Å². The van der Waals surface area contributed by atoms with Crippen LogP contribution in [0.5, 0.6) is 0 Å². The Morgan fingerprint density at radius 2 is 1.73 bits per heavy atom. The van der Waals surface area contributed by atoms with Crippen molar-refractivity contribution in [2.75, 3.05) is 5.32 Å². The third-order valence-electron chi connectivity index (χ3n) is 3.91. The number of thiocarbonyl (C=S) groups is 1. The zero-order chi connectivity index (χ0) is 19.5. The summed E-state index contributed by atoms with van der Waals surface area (Å²) in [5, 5.41) is 16.4. The molecule has 2 aromatic rings. The number of hydrogen-bond acceptors (Lipinski definition) is 4. The second-order valence-electron chi connectivity index (χ2n) is 6.99. The Kier molecular flexibility index (Phi) is 5.72. The minimum absolute atomic E-state index is 0.00180. The van der Waals surface area contributed by atoms with Crippen molar-refractivity contribution in [1.82, 2.24) is 5.32 Å². The van der Waals surface area contributed by atoms with Gasteiger partial charge in [-0.15, -0.1) is 0 Å². The van der Waals surface area contributed by atoms with E-state index < -0.39 is 4.92 Å². The number of nitrogens with one attached hydrogen (secondary N) is 2. The van der Waals surface area contributed by atoms with Gasteiger partial charge in [-0.25, -0.2) is 0 Å². The molecule has 0 bridgehead atoms. The minimum atomic E-state index is -0.460. The van der Waals surface area contributed by atoms with Gasteiger partial charge in [0.2, 0.25) is 0 Å². The highest BCUT2D eigenvalue weighted by Crippen LogP contribution is 2.23. The first kappa shape index (κ1) is 19.5. The van der Waals surface area contributed by atoms with Crippen LogP contribution in [0.2, 0.25) is 0 Å². The third-order valence-corrected chi connectivity index (χ3v) is 4.11. The molecule has 0 aliphatic rings. The lowest BCUT2D eigenvalue weighted by molar-refractivity contribution is -0.384. The number of hydrogen-bond donors (Lipinski definition) is 2. The van der Waals surface area contributed by atoms with E-state index in [9.17, 15) is 14.9 Å². The molecule has 1 amide bonds. The number of rotatable bonds is 3. The topological polar surface area (TPSA) is 84.3 Å². The monoisotopic (exact) mass is 371 g/mol. The third kappa shape index (κ3) is 4.86. The van der Waals surface area contributed by atoms with Crippen LogP contribution in [0.1, 0.15) is 42.3 Å². The highest BCUT2D eigenvalue weighted by Gasteiger charge is 2.15. The maximum absolute atomic E-state index is 12.3. The molecule has 7 heteroatoms. The van der Waals surface area contributed by atoms with Crippen molar-refractivity contribution >= 4 is 34.6 Å². The molecule has 0 saturated carbocycles. The zero-order valence-electron chi connectivity index (χ0n) is 15.1. The van der Waals surface area contributed by atoms with Crippen LogP contribution in [0.15, 0.2) is 42.5 Å². The van der Waals surface area contributed by atoms with Crippen LogP contribution in [0, 0.1) is 17.0 Å². The number of carbonyl (C=O) groups is 1. The average molecular weight is 371 g/mol. The highest BCUT2D eigenvalue weighted by atomic mass is 32.1. The Morgan fingerprint density at radius 1 is 1.12 bits per heavy atom. The lowest BCUT2D eigenvalue weighted by Gasteiger charge is -2.19. The Balaban J connectivity index is 2.03. The maximum atomic E-state index is 12.3. The first-order chi connectivity index (χ1) is 12.1. The van der Waals surface area contributed by atoms with Crippen LogP contribution in [-0.2, 0) is 5.41 Å². The molecule has 0 spiro atoms. The van der Waals surface area contributed by atoms with Gasteiger partial charge in [-0.05, 0) is 53.9 Å². The molecule has 2 aromatic carbocycles. The number of nitrogens with zero attached hydrogens (tertiary/aromatic N) is 1. The molecular formula is C19H21N3O3S. The Labute approximate surface area is 157 Å². The van der Waals surface area contributed by atoms with E-state index >= 15 is 0 Å². The van der Waals surface area contributed by atoms with E-state index in [0.717, 1.165) is 5.56 Å². The molecule has 0 unspecified atom stereocenters. The number of nitro benzene ring substituents is 1. The molecule has 0 atom stereocenters. The quantitative estimate of drug-likeness (QED) is 0.477. The molecule has 26 heavy (non-hydrogen) atoms. The average Bonchev–Trinajstić information content (AvgIpc) is 2.55. The summed E-state index contributed by atoms with van der Waals surface area (Å²) in [7, 11) is 0. The van der Waals surface area contributed by atoms with Gasteiger partial charge in [-0.1, -0.05) is 32.9 Å². The summed E-state index contributed by atoms with van der Waals surface area (Å²) in [6.07, 6.45) is 0. The second kappa shape index (κ2) is 7.61. The molecule has 136 valence electrons. The highest BCUT2D eigenvalue weighted by molar-refractivity contribution is 7.80. The number of benzene rings is 2. The summed E-state index contributed by atoms with van der Waals surface area (Å²) in [5.74, 6) is -0.317. The van der Waals surface area contributed by atoms with Crippen molar-refractivity contribution in [2.45, 2.75) is 33.1 Å². The van der Waals surface area contributed by atoms with Crippen molar-refractivity contribution in [1.29, 1.82) is 0 Å². The minimum Gasteiger partial charge on any atom is -0.332 e. The molecule has 0 saturated heterocycles. The number of amides is 1. The predicted octanol–water partition coefficient (Wildman–Crippen LogP) is 4.33. The SMILES string of the molecule is Cc1cc([N+](=O)[O-])ccc1NC(=S)NC(=O)c1ccc(C(C)(C)C)cc1. The van der Waals surface area contributed by atoms with Crippen molar-refractivity contribution in [2.24, 2.45) is 0 Å². The van der Waals surface area contributed by atoms with E-state index in [-0.39, 0.29) is 22.1 Å². The number of non-ortho nitro benzene ring substituents is 1. The lowest BCUT2D eigenvalue weighted by Crippen LogP contribution is -2.34. The molecule has 0 heterocycles. The predicted molar refractivity (Wildman–Crippen MR) is 107 cm³/mol. The smallest absolute Gasteiger partial charge is 0.269 e. The summed E-state index contributed by atoms with van der Waals surface area (Å²) in [4.78, 5) is 22.6. The van der Waals surface area contributed by atoms with Gasteiger partial charge in [0.25, 0.3) is 11.6 Å². The van der Waals surface area contributed by atoms with Crippen LogP contribution in [0.4, 0.5) is 11.4 Å². The standard InChI is InChI=1S/C19H21N3O3S/c1-12-11-15(22(24)25)9-10-16(12)20-18(26)21-17(23)13-5-7-14(8-6-13)19(2,3)4/h5-11H,1-4H3,(H2,20,21,23,26). The fourth-order valence-corrected chi connectivity index (χ4v) is 2.55. The Bertz CT molecular complexity index is 855. The van der Waals surface area contributed by atoms with Gasteiger partial charge in [-0.2, -0.15) is 0 Å². The van der Waals surface area contributed by atoms with Gasteiger partial charge in [-0.3, -0.25) is 20.2 Å². The molecule has 0 radical (unpaired) electrons. The maximum Gasteiger partial charge on any atom is 0.269 e.